The van der Waals surface area contributed by atoms with Gasteiger partial charge in [0.15, 0.2) is 0 Å². The minimum Gasteiger partial charge on any atom is -0.489 e. The van der Waals surface area contributed by atoms with Gasteiger partial charge in [-0.05, 0) is 67.3 Å². The number of allylic oxidation sites excluding steroid dienone is 1. The van der Waals surface area contributed by atoms with Crippen LogP contribution in [-0.2, 0) is 17.2 Å². The second-order valence-electron chi connectivity index (χ2n) is 10.7. The number of hydrogen-bond acceptors (Lipinski definition) is 6. The Balaban J connectivity index is 1.35. The number of nitrogens with zero attached hydrogens (tertiary/aromatic N) is 3. The van der Waals surface area contributed by atoms with E-state index in [-0.39, 0.29) is 5.91 Å². The molecular weight excluding hydrogens is 590 g/mol. The standard InChI is InChI=1S/C35H32ClN5O2S/c1-22-11-9-18-30(23(22)2)38-33(42)31-24(3)37-34-39-35(44-21-25-12-5-4-6-13-25)40-41(34)32(31)26-15-10-16-28(19-26)43-20-27-14-7-8-17-29(27)36/h4-19,32H,20-21H2,1-3H3,(H,38,42)(H,37,39,40). The number of anilines is 2. The smallest absolute Gasteiger partial charge is 0.255 e. The molecule has 9 heteroatoms. The molecule has 1 aliphatic rings. The Labute approximate surface area is 266 Å². The molecule has 1 amide bonds. The predicted molar refractivity (Wildman–Crippen MR) is 177 cm³/mol. The van der Waals surface area contributed by atoms with Gasteiger partial charge in [0.1, 0.15) is 18.4 Å². The average Bonchev–Trinajstić information content (AvgIpc) is 3.44. The van der Waals surface area contributed by atoms with Gasteiger partial charge in [-0.15, -0.1) is 5.10 Å². The monoisotopic (exact) mass is 621 g/mol. The number of nitrogens with one attached hydrogen (secondary N) is 2. The van der Waals surface area contributed by atoms with Crippen LogP contribution < -0.4 is 15.4 Å². The molecule has 4 aromatic carbocycles. The van der Waals surface area contributed by atoms with E-state index in [1.54, 1.807) is 16.4 Å². The first-order chi connectivity index (χ1) is 21.4. The zero-order chi connectivity index (χ0) is 30.6. The number of hydrogen-bond donors (Lipinski definition) is 2. The summed E-state index contributed by atoms with van der Waals surface area (Å²) >= 11 is 7.92. The predicted octanol–water partition coefficient (Wildman–Crippen LogP) is 8.35. The summed E-state index contributed by atoms with van der Waals surface area (Å²) in [7, 11) is 0. The maximum Gasteiger partial charge on any atom is 0.255 e. The van der Waals surface area contributed by atoms with Crippen molar-refractivity contribution in [3.8, 4) is 5.75 Å². The lowest BCUT2D eigenvalue weighted by molar-refractivity contribution is -0.113. The minimum atomic E-state index is -0.543. The SMILES string of the molecule is CC1=C(C(=O)Nc2cccc(C)c2C)C(c2cccc(OCc3ccccc3Cl)c2)n2nc(SCc3ccccc3)nc2N1. The Morgan fingerprint density at radius 3 is 2.57 bits per heavy atom. The quantitative estimate of drug-likeness (QED) is 0.161. The van der Waals surface area contributed by atoms with Crippen molar-refractivity contribution in [3.05, 3.63) is 141 Å². The molecule has 0 saturated carbocycles. The van der Waals surface area contributed by atoms with Crippen LogP contribution in [0.5, 0.6) is 5.75 Å². The lowest BCUT2D eigenvalue weighted by atomic mass is 9.94. The van der Waals surface area contributed by atoms with E-state index in [0.717, 1.165) is 33.7 Å². The van der Waals surface area contributed by atoms with Crippen molar-refractivity contribution in [1.29, 1.82) is 0 Å². The topological polar surface area (TPSA) is 81.1 Å². The Kier molecular flexibility index (Phi) is 8.72. The number of aryl methyl sites for hydroxylation is 1. The van der Waals surface area contributed by atoms with E-state index >= 15 is 0 Å². The van der Waals surface area contributed by atoms with Crippen molar-refractivity contribution in [1.82, 2.24) is 14.8 Å². The number of halogens is 1. The Morgan fingerprint density at radius 2 is 1.75 bits per heavy atom. The summed E-state index contributed by atoms with van der Waals surface area (Å²) in [5, 5.41) is 12.7. The maximum absolute atomic E-state index is 14.1. The number of benzene rings is 4. The third-order valence-corrected chi connectivity index (χ3v) is 8.94. The molecule has 1 aromatic heterocycles. The zero-order valence-corrected chi connectivity index (χ0v) is 26.2. The van der Waals surface area contributed by atoms with Crippen molar-refractivity contribution in [2.24, 2.45) is 0 Å². The summed E-state index contributed by atoms with van der Waals surface area (Å²) in [5.74, 6) is 1.75. The van der Waals surface area contributed by atoms with E-state index in [1.165, 1.54) is 5.56 Å². The first-order valence-corrected chi connectivity index (χ1v) is 15.7. The van der Waals surface area contributed by atoms with Crippen molar-refractivity contribution in [2.45, 2.75) is 44.3 Å². The number of carbonyl (C=O) groups excluding carboxylic acids is 1. The molecule has 5 aromatic rings. The molecule has 0 spiro atoms. The fourth-order valence-corrected chi connectivity index (χ4v) is 6.12. The average molecular weight is 622 g/mol. The van der Waals surface area contributed by atoms with Crippen LogP contribution in [0.15, 0.2) is 113 Å². The molecular formula is C35H32ClN5O2S. The Bertz CT molecular complexity index is 1850. The van der Waals surface area contributed by atoms with Gasteiger partial charge in [-0.2, -0.15) is 4.98 Å². The van der Waals surface area contributed by atoms with E-state index in [9.17, 15) is 4.79 Å². The van der Waals surface area contributed by atoms with Gasteiger partial charge in [-0.25, -0.2) is 4.68 Å². The summed E-state index contributed by atoms with van der Waals surface area (Å²) < 4.78 is 7.96. The molecule has 2 N–H and O–H groups in total. The zero-order valence-electron chi connectivity index (χ0n) is 24.7. The molecule has 0 fully saturated rings. The van der Waals surface area contributed by atoms with Crippen molar-refractivity contribution >= 4 is 40.9 Å². The number of thioether (sulfide) groups is 1. The first kappa shape index (κ1) is 29.5. The molecule has 0 radical (unpaired) electrons. The summed E-state index contributed by atoms with van der Waals surface area (Å²) in [6.07, 6.45) is 0. The molecule has 222 valence electrons. The van der Waals surface area contributed by atoms with E-state index < -0.39 is 6.04 Å². The molecule has 6 rings (SSSR count). The van der Waals surface area contributed by atoms with Gasteiger partial charge in [0.05, 0.1) is 5.57 Å². The normalized spacial score (nSPS) is 14.1. The molecule has 0 bridgehead atoms. The number of amides is 1. The highest BCUT2D eigenvalue weighted by molar-refractivity contribution is 7.98. The van der Waals surface area contributed by atoms with Crippen LogP contribution in [0, 0.1) is 13.8 Å². The minimum absolute atomic E-state index is 0.212. The first-order valence-electron chi connectivity index (χ1n) is 14.3. The molecule has 0 saturated heterocycles. The van der Waals surface area contributed by atoms with Crippen LogP contribution in [0.2, 0.25) is 5.02 Å². The molecule has 2 heterocycles. The molecule has 1 aliphatic heterocycles. The molecule has 0 aliphatic carbocycles. The van der Waals surface area contributed by atoms with E-state index in [0.29, 0.717) is 39.8 Å². The third kappa shape index (κ3) is 6.37. The summed E-state index contributed by atoms with van der Waals surface area (Å²) in [5.41, 5.74) is 7.08. The van der Waals surface area contributed by atoms with Crippen LogP contribution >= 0.6 is 23.4 Å². The maximum atomic E-state index is 14.1. The van der Waals surface area contributed by atoms with E-state index in [1.807, 2.05) is 106 Å². The second-order valence-corrected chi connectivity index (χ2v) is 12.0. The highest BCUT2D eigenvalue weighted by Crippen LogP contribution is 2.38. The molecule has 44 heavy (non-hydrogen) atoms. The number of ether oxygens (including phenoxy) is 1. The Morgan fingerprint density at radius 1 is 0.977 bits per heavy atom. The van der Waals surface area contributed by atoms with Crippen molar-refractivity contribution < 1.29 is 9.53 Å². The number of rotatable bonds is 9. The number of carbonyl (C=O) groups is 1. The van der Waals surface area contributed by atoms with Gasteiger partial charge in [-0.1, -0.05) is 96.2 Å². The van der Waals surface area contributed by atoms with Crippen LogP contribution in [0.25, 0.3) is 0 Å². The molecule has 1 unspecified atom stereocenters. The Hall–Kier alpha value is -4.53. The fourth-order valence-electron chi connectivity index (χ4n) is 5.14. The molecule has 7 nitrogen and oxygen atoms in total. The second kappa shape index (κ2) is 13.0. The van der Waals surface area contributed by atoms with Crippen LogP contribution in [-0.4, -0.2) is 20.7 Å². The van der Waals surface area contributed by atoms with Gasteiger partial charge >= 0.3 is 0 Å². The number of aromatic nitrogens is 3. The summed E-state index contributed by atoms with van der Waals surface area (Å²) in [4.78, 5) is 18.9. The van der Waals surface area contributed by atoms with E-state index in [2.05, 4.69) is 22.8 Å². The van der Waals surface area contributed by atoms with Crippen molar-refractivity contribution in [2.75, 3.05) is 10.6 Å². The third-order valence-electron chi connectivity index (χ3n) is 7.67. The van der Waals surface area contributed by atoms with Crippen LogP contribution in [0.4, 0.5) is 11.6 Å². The molecule has 1 atom stereocenters. The summed E-state index contributed by atoms with van der Waals surface area (Å²) in [6, 6.07) is 30.9. The van der Waals surface area contributed by atoms with Gasteiger partial charge in [-0.3, -0.25) is 4.79 Å². The highest BCUT2D eigenvalue weighted by Gasteiger charge is 2.35. The highest BCUT2D eigenvalue weighted by atomic mass is 35.5. The van der Waals surface area contributed by atoms with Crippen molar-refractivity contribution in [3.63, 3.8) is 0 Å². The fraction of sp³-hybridized carbons (Fsp3) is 0.171. The van der Waals surface area contributed by atoms with Gasteiger partial charge < -0.3 is 15.4 Å². The summed E-state index contributed by atoms with van der Waals surface area (Å²) in [6.45, 7) is 6.26. The van der Waals surface area contributed by atoms with Crippen LogP contribution in [0.1, 0.15) is 40.8 Å². The lowest BCUT2D eigenvalue weighted by Gasteiger charge is -2.29. The van der Waals surface area contributed by atoms with Gasteiger partial charge in [0.2, 0.25) is 11.1 Å². The van der Waals surface area contributed by atoms with Crippen LogP contribution in [0.3, 0.4) is 0 Å². The lowest BCUT2D eigenvalue weighted by Crippen LogP contribution is -2.31. The van der Waals surface area contributed by atoms with E-state index in [4.69, 9.17) is 26.4 Å². The van der Waals surface area contributed by atoms with Gasteiger partial charge in [0, 0.05) is 27.7 Å². The number of fused-ring (bicyclic) bond motifs is 1. The van der Waals surface area contributed by atoms with Gasteiger partial charge in [0.25, 0.3) is 5.91 Å². The largest absolute Gasteiger partial charge is 0.489 e.